The molecule has 0 heterocycles. The second-order valence-electron chi connectivity index (χ2n) is 5.11. The summed E-state index contributed by atoms with van der Waals surface area (Å²) in [6.45, 7) is 6.45. The van der Waals surface area contributed by atoms with Crippen molar-refractivity contribution in [3.05, 3.63) is 0 Å². The van der Waals surface area contributed by atoms with Crippen molar-refractivity contribution >= 4 is 5.71 Å². The molecule has 2 aliphatic rings. The van der Waals surface area contributed by atoms with Gasteiger partial charge in [0.15, 0.2) is 0 Å². The highest BCUT2D eigenvalue weighted by molar-refractivity contribution is 5.91. The topological polar surface area (TPSA) is 24.4 Å². The van der Waals surface area contributed by atoms with Crippen molar-refractivity contribution in [2.45, 2.75) is 45.6 Å². The lowest BCUT2D eigenvalue weighted by molar-refractivity contribution is 0.440. The molecule has 2 saturated carbocycles. The third-order valence-electron chi connectivity index (χ3n) is 2.66. The van der Waals surface area contributed by atoms with Crippen molar-refractivity contribution < 1.29 is 0 Å². The minimum atomic E-state index is 0.125. The maximum absolute atomic E-state index is 4.48. The smallest absolute Gasteiger partial charge is 0.0464 e. The van der Waals surface area contributed by atoms with Crippen LogP contribution in [-0.4, -0.2) is 11.3 Å². The zero-order valence-corrected chi connectivity index (χ0v) is 8.22. The second-order valence-corrected chi connectivity index (χ2v) is 5.11. The fraction of sp³-hybridized carbons (Fsp3) is 0.900. The fourth-order valence-electron chi connectivity index (χ4n) is 1.87. The SMILES string of the molecule is CC(C)(C)N/N=C1/CC[C@H]2C[C@@H]12. The molecule has 2 atom stereocenters. The maximum Gasteiger partial charge on any atom is 0.0464 e. The molecule has 2 heteroatoms. The molecule has 68 valence electrons. The average Bonchev–Trinajstić information content (AvgIpc) is 2.60. The van der Waals surface area contributed by atoms with Gasteiger partial charge in [-0.25, -0.2) is 0 Å². The lowest BCUT2D eigenvalue weighted by atomic mass is 10.1. The van der Waals surface area contributed by atoms with E-state index < -0.39 is 0 Å². The van der Waals surface area contributed by atoms with Crippen LogP contribution < -0.4 is 5.43 Å². The normalized spacial score (nSPS) is 36.8. The molecule has 0 aliphatic heterocycles. The van der Waals surface area contributed by atoms with Crippen LogP contribution in [0.25, 0.3) is 0 Å². The van der Waals surface area contributed by atoms with Crippen molar-refractivity contribution in [2.24, 2.45) is 16.9 Å². The first-order valence-corrected chi connectivity index (χ1v) is 4.90. The maximum atomic E-state index is 4.48. The average molecular weight is 166 g/mol. The Kier molecular flexibility index (Phi) is 1.67. The van der Waals surface area contributed by atoms with Crippen LogP contribution in [0.1, 0.15) is 40.0 Å². The minimum Gasteiger partial charge on any atom is -0.305 e. The van der Waals surface area contributed by atoms with Crippen LogP contribution in [0.15, 0.2) is 5.10 Å². The number of hydrogen-bond donors (Lipinski definition) is 1. The predicted molar refractivity (Wildman–Crippen MR) is 51.2 cm³/mol. The fourth-order valence-corrected chi connectivity index (χ4v) is 1.87. The standard InChI is InChI=1S/C10H18N2/c1-10(2,3)12-11-9-5-4-7-6-8(7)9/h7-8,12H,4-6H2,1-3H3/b11-9-/t7-,8+/m0/s1. The van der Waals surface area contributed by atoms with Gasteiger partial charge in [0.25, 0.3) is 0 Å². The van der Waals surface area contributed by atoms with Gasteiger partial charge in [-0.15, -0.1) is 0 Å². The van der Waals surface area contributed by atoms with Gasteiger partial charge in [0, 0.05) is 17.2 Å². The van der Waals surface area contributed by atoms with E-state index in [1.165, 1.54) is 25.0 Å². The zero-order chi connectivity index (χ0) is 8.77. The first-order valence-electron chi connectivity index (χ1n) is 4.90. The molecule has 2 fully saturated rings. The molecule has 0 saturated heterocycles. The highest BCUT2D eigenvalue weighted by Crippen LogP contribution is 2.49. The highest BCUT2D eigenvalue weighted by Gasteiger charge is 2.45. The summed E-state index contributed by atoms with van der Waals surface area (Å²) in [5.41, 5.74) is 4.76. The molecule has 0 bridgehead atoms. The van der Waals surface area contributed by atoms with Crippen LogP contribution >= 0.6 is 0 Å². The van der Waals surface area contributed by atoms with E-state index in [9.17, 15) is 0 Å². The summed E-state index contributed by atoms with van der Waals surface area (Å²) in [5, 5.41) is 4.48. The first kappa shape index (κ1) is 8.09. The summed E-state index contributed by atoms with van der Waals surface area (Å²) in [5.74, 6) is 1.87. The summed E-state index contributed by atoms with van der Waals surface area (Å²) in [7, 11) is 0. The monoisotopic (exact) mass is 166 g/mol. The lowest BCUT2D eigenvalue weighted by Gasteiger charge is -2.18. The van der Waals surface area contributed by atoms with E-state index in [0.29, 0.717) is 0 Å². The minimum absolute atomic E-state index is 0.125. The molecule has 0 radical (unpaired) electrons. The van der Waals surface area contributed by atoms with Gasteiger partial charge in [0.2, 0.25) is 0 Å². The Morgan fingerprint density at radius 2 is 2.17 bits per heavy atom. The summed E-state index contributed by atoms with van der Waals surface area (Å²) < 4.78 is 0. The third-order valence-corrected chi connectivity index (χ3v) is 2.66. The van der Waals surface area contributed by atoms with Crippen LogP contribution in [-0.2, 0) is 0 Å². The van der Waals surface area contributed by atoms with Crippen molar-refractivity contribution in [1.82, 2.24) is 5.43 Å². The summed E-state index contributed by atoms with van der Waals surface area (Å²) >= 11 is 0. The first-order chi connectivity index (χ1) is 5.56. The van der Waals surface area contributed by atoms with Crippen LogP contribution in [0, 0.1) is 11.8 Å². The molecule has 12 heavy (non-hydrogen) atoms. The van der Waals surface area contributed by atoms with E-state index in [1.54, 1.807) is 0 Å². The van der Waals surface area contributed by atoms with Gasteiger partial charge in [0.1, 0.15) is 0 Å². The van der Waals surface area contributed by atoms with Gasteiger partial charge in [-0.2, -0.15) is 5.10 Å². The quantitative estimate of drug-likeness (QED) is 0.593. The van der Waals surface area contributed by atoms with Crippen LogP contribution in [0.3, 0.4) is 0 Å². The van der Waals surface area contributed by atoms with Crippen LogP contribution in [0.4, 0.5) is 0 Å². The Labute approximate surface area is 74.4 Å². The molecular weight excluding hydrogens is 148 g/mol. The van der Waals surface area contributed by atoms with Gasteiger partial charge in [-0.1, -0.05) is 0 Å². The molecule has 0 unspecified atom stereocenters. The number of rotatable bonds is 1. The summed E-state index contributed by atoms with van der Waals surface area (Å²) in [6.07, 6.45) is 4.03. The van der Waals surface area contributed by atoms with Crippen LogP contribution in [0.2, 0.25) is 0 Å². The Balaban J connectivity index is 1.91. The Morgan fingerprint density at radius 3 is 2.58 bits per heavy atom. The van der Waals surface area contributed by atoms with Crippen LogP contribution in [0.5, 0.6) is 0 Å². The number of hydrogen-bond acceptors (Lipinski definition) is 2. The number of nitrogens with zero attached hydrogens (tertiary/aromatic N) is 1. The van der Waals surface area contributed by atoms with Gasteiger partial charge < -0.3 is 5.43 Å². The molecule has 0 aromatic rings. The van der Waals surface area contributed by atoms with E-state index in [-0.39, 0.29) is 5.54 Å². The number of nitrogens with one attached hydrogen (secondary N) is 1. The van der Waals surface area contributed by atoms with Crippen molar-refractivity contribution in [1.29, 1.82) is 0 Å². The molecule has 1 N–H and O–H groups in total. The zero-order valence-electron chi connectivity index (χ0n) is 8.22. The van der Waals surface area contributed by atoms with E-state index in [2.05, 4.69) is 31.3 Å². The lowest BCUT2D eigenvalue weighted by Crippen LogP contribution is -2.32. The molecule has 2 aliphatic carbocycles. The van der Waals surface area contributed by atoms with Crippen molar-refractivity contribution in [2.75, 3.05) is 0 Å². The third kappa shape index (κ3) is 1.62. The summed E-state index contributed by atoms with van der Waals surface area (Å²) in [6, 6.07) is 0. The van der Waals surface area contributed by atoms with E-state index >= 15 is 0 Å². The molecule has 0 spiro atoms. The van der Waals surface area contributed by atoms with E-state index in [4.69, 9.17) is 0 Å². The van der Waals surface area contributed by atoms with E-state index in [1.807, 2.05) is 0 Å². The Bertz CT molecular complexity index is 212. The molecular formula is C10H18N2. The molecule has 2 rings (SSSR count). The number of fused-ring (bicyclic) bond motifs is 1. The molecule has 2 nitrogen and oxygen atoms in total. The van der Waals surface area contributed by atoms with Gasteiger partial charge in [0.05, 0.1) is 0 Å². The van der Waals surface area contributed by atoms with Gasteiger partial charge in [-0.3, -0.25) is 0 Å². The molecule has 0 aromatic heterocycles. The van der Waals surface area contributed by atoms with E-state index in [0.717, 1.165) is 11.8 Å². The predicted octanol–water partition coefficient (Wildman–Crippen LogP) is 2.16. The second kappa shape index (κ2) is 2.48. The Hall–Kier alpha value is -0.530. The molecule has 0 aromatic carbocycles. The van der Waals surface area contributed by atoms with Crippen molar-refractivity contribution in [3.8, 4) is 0 Å². The highest BCUT2D eigenvalue weighted by atomic mass is 15.3. The summed E-state index contributed by atoms with van der Waals surface area (Å²) in [4.78, 5) is 0. The van der Waals surface area contributed by atoms with Gasteiger partial charge >= 0.3 is 0 Å². The van der Waals surface area contributed by atoms with Gasteiger partial charge in [-0.05, 0) is 46.0 Å². The Morgan fingerprint density at radius 1 is 1.42 bits per heavy atom. The number of hydrazone groups is 1. The van der Waals surface area contributed by atoms with Crippen molar-refractivity contribution in [3.63, 3.8) is 0 Å². The largest absolute Gasteiger partial charge is 0.305 e. The molecule has 0 amide bonds.